The molecule has 1 amide bonds. The van der Waals surface area contributed by atoms with Gasteiger partial charge in [-0.25, -0.2) is 0 Å². The highest BCUT2D eigenvalue weighted by Gasteiger charge is 2.23. The van der Waals surface area contributed by atoms with Crippen LogP contribution in [0.15, 0.2) is 22.7 Å². The lowest BCUT2D eigenvalue weighted by Gasteiger charge is -2.28. The van der Waals surface area contributed by atoms with E-state index in [1.807, 2.05) is 25.1 Å². The first-order chi connectivity index (χ1) is 8.56. The number of benzene rings is 1. The predicted octanol–water partition coefficient (Wildman–Crippen LogP) is 3.04. The first kappa shape index (κ1) is 13.6. The van der Waals surface area contributed by atoms with Gasteiger partial charge >= 0.3 is 0 Å². The number of halogens is 1. The molecule has 3 nitrogen and oxygen atoms in total. The number of carbonyl (C=O) groups excluding carboxylic acids is 1. The van der Waals surface area contributed by atoms with Crippen molar-refractivity contribution in [2.75, 3.05) is 25.5 Å². The highest BCUT2D eigenvalue weighted by molar-refractivity contribution is 9.10. The molecule has 2 rings (SSSR count). The number of carbonyl (C=O) groups is 1. The zero-order valence-electron chi connectivity index (χ0n) is 10.9. The smallest absolute Gasteiger partial charge is 0.228 e. The van der Waals surface area contributed by atoms with E-state index in [9.17, 15) is 4.79 Å². The summed E-state index contributed by atoms with van der Waals surface area (Å²) in [6.45, 7) is 3.98. The van der Waals surface area contributed by atoms with Crippen LogP contribution in [0.3, 0.4) is 0 Å². The van der Waals surface area contributed by atoms with Crippen molar-refractivity contribution >= 4 is 27.5 Å². The van der Waals surface area contributed by atoms with Crippen molar-refractivity contribution in [2.24, 2.45) is 5.92 Å². The molecule has 1 aromatic carbocycles. The van der Waals surface area contributed by atoms with Crippen LogP contribution in [-0.2, 0) is 4.79 Å². The second-order valence-corrected chi connectivity index (χ2v) is 5.91. The Balaban J connectivity index is 2.00. The summed E-state index contributed by atoms with van der Waals surface area (Å²) in [6.07, 6.45) is 2.10. The molecule has 1 unspecified atom stereocenters. The van der Waals surface area contributed by atoms with E-state index in [1.165, 1.54) is 0 Å². The number of amides is 1. The molecule has 1 aliphatic rings. The molecule has 1 aliphatic heterocycles. The minimum Gasteiger partial charge on any atom is -0.326 e. The first-order valence-corrected chi connectivity index (χ1v) is 7.11. The van der Waals surface area contributed by atoms with E-state index in [0.29, 0.717) is 0 Å². The Morgan fingerprint density at radius 3 is 2.94 bits per heavy atom. The van der Waals surface area contributed by atoms with Crippen molar-refractivity contribution in [3.8, 4) is 0 Å². The Hall–Kier alpha value is -0.870. The van der Waals surface area contributed by atoms with Crippen molar-refractivity contribution in [3.63, 3.8) is 0 Å². The Morgan fingerprint density at radius 1 is 1.50 bits per heavy atom. The van der Waals surface area contributed by atoms with Gasteiger partial charge in [0.25, 0.3) is 0 Å². The molecule has 0 spiro atoms. The molecule has 18 heavy (non-hydrogen) atoms. The summed E-state index contributed by atoms with van der Waals surface area (Å²) >= 11 is 3.46. The Labute approximate surface area is 117 Å². The van der Waals surface area contributed by atoms with Gasteiger partial charge in [-0.15, -0.1) is 0 Å². The molecule has 4 heteroatoms. The van der Waals surface area contributed by atoms with Gasteiger partial charge in [0.15, 0.2) is 0 Å². The van der Waals surface area contributed by atoms with Crippen molar-refractivity contribution in [3.05, 3.63) is 28.2 Å². The third-order valence-corrected chi connectivity index (χ3v) is 4.31. The maximum absolute atomic E-state index is 12.2. The van der Waals surface area contributed by atoms with Crippen LogP contribution in [0.4, 0.5) is 5.69 Å². The molecule has 0 radical (unpaired) electrons. The Morgan fingerprint density at radius 2 is 2.28 bits per heavy atom. The maximum atomic E-state index is 12.2. The van der Waals surface area contributed by atoms with Gasteiger partial charge in [-0.2, -0.15) is 0 Å². The van der Waals surface area contributed by atoms with Crippen LogP contribution in [0.2, 0.25) is 0 Å². The van der Waals surface area contributed by atoms with Crippen molar-refractivity contribution in [2.45, 2.75) is 19.8 Å². The van der Waals surface area contributed by atoms with E-state index in [-0.39, 0.29) is 11.8 Å². The Kier molecular flexibility index (Phi) is 4.40. The summed E-state index contributed by atoms with van der Waals surface area (Å²) < 4.78 is 1.07. The van der Waals surface area contributed by atoms with E-state index in [1.54, 1.807) is 0 Å². The predicted molar refractivity (Wildman–Crippen MR) is 77.7 cm³/mol. The zero-order valence-corrected chi connectivity index (χ0v) is 12.5. The summed E-state index contributed by atoms with van der Waals surface area (Å²) in [5.74, 6) is 0.260. The van der Waals surface area contributed by atoms with E-state index in [2.05, 4.69) is 33.2 Å². The second-order valence-electron chi connectivity index (χ2n) is 5.05. The molecule has 1 fully saturated rings. The molecule has 98 valence electrons. The quantitative estimate of drug-likeness (QED) is 0.910. The maximum Gasteiger partial charge on any atom is 0.228 e. The SMILES string of the molecule is Cc1cc(NC(=O)C2CCCN(C)C2)ccc1Br. The standard InChI is InChI=1S/C14H19BrN2O/c1-10-8-12(5-6-13(10)15)16-14(18)11-4-3-7-17(2)9-11/h5-6,8,11H,3-4,7,9H2,1-2H3,(H,16,18). The summed E-state index contributed by atoms with van der Waals surface area (Å²) in [7, 11) is 2.07. The third-order valence-electron chi connectivity index (χ3n) is 3.42. The normalized spacial score (nSPS) is 20.7. The fourth-order valence-corrected chi connectivity index (χ4v) is 2.59. The first-order valence-electron chi connectivity index (χ1n) is 6.32. The minimum atomic E-state index is 0.118. The Bertz CT molecular complexity index is 447. The second kappa shape index (κ2) is 5.85. The van der Waals surface area contributed by atoms with Gasteiger partial charge < -0.3 is 10.2 Å². The van der Waals surface area contributed by atoms with Gasteiger partial charge in [-0.05, 0) is 57.1 Å². The lowest BCUT2D eigenvalue weighted by Crippen LogP contribution is -2.38. The number of nitrogens with one attached hydrogen (secondary N) is 1. The van der Waals surface area contributed by atoms with Gasteiger partial charge in [0.05, 0.1) is 5.92 Å². The molecule has 1 aromatic rings. The number of rotatable bonds is 2. The van der Waals surface area contributed by atoms with Crippen LogP contribution in [0.5, 0.6) is 0 Å². The van der Waals surface area contributed by atoms with E-state index in [4.69, 9.17) is 0 Å². The third kappa shape index (κ3) is 3.33. The number of aryl methyl sites for hydroxylation is 1. The minimum absolute atomic E-state index is 0.118. The zero-order chi connectivity index (χ0) is 13.1. The topological polar surface area (TPSA) is 32.3 Å². The molecule has 0 bridgehead atoms. The van der Waals surface area contributed by atoms with Crippen molar-refractivity contribution < 1.29 is 4.79 Å². The number of anilines is 1. The summed E-state index contributed by atoms with van der Waals surface area (Å²) in [6, 6.07) is 5.90. The summed E-state index contributed by atoms with van der Waals surface area (Å²) in [5.41, 5.74) is 2.02. The van der Waals surface area contributed by atoms with Gasteiger partial charge in [-0.1, -0.05) is 15.9 Å². The average molecular weight is 311 g/mol. The number of piperidine rings is 1. The van der Waals surface area contributed by atoms with E-state index < -0.39 is 0 Å². The fraction of sp³-hybridized carbons (Fsp3) is 0.500. The number of hydrogen-bond acceptors (Lipinski definition) is 2. The molecule has 1 heterocycles. The summed E-state index contributed by atoms with van der Waals surface area (Å²) in [4.78, 5) is 14.4. The van der Waals surface area contributed by atoms with Crippen LogP contribution in [0.1, 0.15) is 18.4 Å². The molecular weight excluding hydrogens is 292 g/mol. The van der Waals surface area contributed by atoms with Crippen molar-refractivity contribution in [1.82, 2.24) is 4.90 Å². The molecule has 1 N–H and O–H groups in total. The molecular formula is C14H19BrN2O. The number of nitrogens with zero attached hydrogens (tertiary/aromatic N) is 1. The van der Waals surface area contributed by atoms with Gasteiger partial charge in [0, 0.05) is 16.7 Å². The fourth-order valence-electron chi connectivity index (χ4n) is 2.35. The van der Waals surface area contributed by atoms with Crippen LogP contribution in [0, 0.1) is 12.8 Å². The van der Waals surface area contributed by atoms with Gasteiger partial charge in [0.1, 0.15) is 0 Å². The van der Waals surface area contributed by atoms with Gasteiger partial charge in [0.2, 0.25) is 5.91 Å². The van der Waals surface area contributed by atoms with E-state index in [0.717, 1.165) is 41.7 Å². The number of likely N-dealkylation sites (tertiary alicyclic amines) is 1. The lowest BCUT2D eigenvalue weighted by atomic mass is 9.97. The molecule has 0 aliphatic carbocycles. The van der Waals surface area contributed by atoms with Crippen LogP contribution >= 0.6 is 15.9 Å². The van der Waals surface area contributed by atoms with Gasteiger partial charge in [-0.3, -0.25) is 4.79 Å². The van der Waals surface area contributed by atoms with Crippen LogP contribution < -0.4 is 5.32 Å². The summed E-state index contributed by atoms with van der Waals surface area (Å²) in [5, 5.41) is 3.01. The highest BCUT2D eigenvalue weighted by Crippen LogP contribution is 2.22. The largest absolute Gasteiger partial charge is 0.326 e. The molecule has 1 saturated heterocycles. The lowest BCUT2D eigenvalue weighted by molar-refractivity contribution is -0.121. The van der Waals surface area contributed by atoms with E-state index >= 15 is 0 Å². The molecule has 0 aromatic heterocycles. The monoisotopic (exact) mass is 310 g/mol. The number of hydrogen-bond donors (Lipinski definition) is 1. The van der Waals surface area contributed by atoms with Crippen molar-refractivity contribution in [1.29, 1.82) is 0 Å². The molecule has 1 atom stereocenters. The molecule has 0 saturated carbocycles. The highest BCUT2D eigenvalue weighted by atomic mass is 79.9. The van der Waals surface area contributed by atoms with Crippen LogP contribution in [0.25, 0.3) is 0 Å². The average Bonchev–Trinajstić information content (AvgIpc) is 2.34. The van der Waals surface area contributed by atoms with Crippen LogP contribution in [-0.4, -0.2) is 30.9 Å².